The van der Waals surface area contributed by atoms with Crippen molar-refractivity contribution in [1.82, 2.24) is 0 Å². The van der Waals surface area contributed by atoms with Crippen molar-refractivity contribution in [2.45, 2.75) is 6.92 Å². The Morgan fingerprint density at radius 3 is 2.62 bits per heavy atom. The average molecular weight is 306 g/mol. The summed E-state index contributed by atoms with van der Waals surface area (Å²) in [4.78, 5) is 22.5. The van der Waals surface area contributed by atoms with Gasteiger partial charge in [-0.2, -0.15) is 0 Å². The molecule has 0 saturated heterocycles. The summed E-state index contributed by atoms with van der Waals surface area (Å²) in [5.41, 5.74) is 6.76. The van der Waals surface area contributed by atoms with Crippen molar-refractivity contribution < 1.29 is 9.72 Å². The molecule has 0 aliphatic heterocycles. The second-order valence-electron chi connectivity index (χ2n) is 4.45. The van der Waals surface area contributed by atoms with Crippen molar-refractivity contribution in [3.8, 4) is 0 Å². The van der Waals surface area contributed by atoms with Crippen molar-refractivity contribution in [1.29, 1.82) is 0 Å². The van der Waals surface area contributed by atoms with Crippen LogP contribution < -0.4 is 11.1 Å². The summed E-state index contributed by atoms with van der Waals surface area (Å²) in [6.45, 7) is 1.83. The largest absolute Gasteiger partial charge is 0.399 e. The summed E-state index contributed by atoms with van der Waals surface area (Å²) in [5.74, 6) is -0.617. The minimum absolute atomic E-state index is 0.100. The molecule has 0 fully saturated rings. The molecule has 108 valence electrons. The standard InChI is InChI=1S/C14H12ClN3O3/c1-8-2-4-10(7-12(8)15)17-14(19)11-6-9(16)3-5-13(11)18(20)21/h2-7H,16H2,1H3,(H,17,19). The van der Waals surface area contributed by atoms with E-state index in [1.807, 2.05) is 6.92 Å². The van der Waals surface area contributed by atoms with Crippen LogP contribution in [0.3, 0.4) is 0 Å². The molecule has 21 heavy (non-hydrogen) atoms. The number of nitrogens with one attached hydrogen (secondary N) is 1. The number of nitrogens with zero attached hydrogens (tertiary/aromatic N) is 1. The number of hydrogen-bond acceptors (Lipinski definition) is 4. The van der Waals surface area contributed by atoms with Crippen molar-refractivity contribution in [3.63, 3.8) is 0 Å². The van der Waals surface area contributed by atoms with Crippen molar-refractivity contribution in [2.24, 2.45) is 0 Å². The second kappa shape index (κ2) is 5.80. The zero-order valence-electron chi connectivity index (χ0n) is 11.1. The van der Waals surface area contributed by atoms with Crippen LogP contribution in [0.2, 0.25) is 5.02 Å². The van der Waals surface area contributed by atoms with E-state index in [2.05, 4.69) is 5.32 Å². The lowest BCUT2D eigenvalue weighted by atomic mass is 10.1. The maximum atomic E-state index is 12.2. The third kappa shape index (κ3) is 3.29. The lowest BCUT2D eigenvalue weighted by Crippen LogP contribution is -2.14. The van der Waals surface area contributed by atoms with Crippen LogP contribution in [0.25, 0.3) is 0 Å². The summed E-state index contributed by atoms with van der Waals surface area (Å²) < 4.78 is 0. The summed E-state index contributed by atoms with van der Waals surface area (Å²) in [5, 5.41) is 14.0. The molecular weight excluding hydrogens is 294 g/mol. The van der Waals surface area contributed by atoms with Gasteiger partial charge in [0.2, 0.25) is 0 Å². The first-order valence-corrected chi connectivity index (χ1v) is 6.37. The van der Waals surface area contributed by atoms with Crippen LogP contribution in [0.15, 0.2) is 36.4 Å². The van der Waals surface area contributed by atoms with Crippen LogP contribution in [0.4, 0.5) is 17.1 Å². The highest BCUT2D eigenvalue weighted by molar-refractivity contribution is 6.31. The summed E-state index contributed by atoms with van der Waals surface area (Å²) in [6, 6.07) is 8.82. The zero-order valence-corrected chi connectivity index (χ0v) is 11.8. The molecule has 0 aliphatic carbocycles. The highest BCUT2D eigenvalue weighted by Gasteiger charge is 2.20. The summed E-state index contributed by atoms with van der Waals surface area (Å²) >= 11 is 5.97. The van der Waals surface area contributed by atoms with Gasteiger partial charge in [0.1, 0.15) is 5.56 Å². The molecule has 0 saturated carbocycles. The molecule has 0 unspecified atom stereocenters. The highest BCUT2D eigenvalue weighted by Crippen LogP contribution is 2.24. The first-order valence-electron chi connectivity index (χ1n) is 6.00. The molecule has 7 heteroatoms. The second-order valence-corrected chi connectivity index (χ2v) is 4.86. The quantitative estimate of drug-likeness (QED) is 0.516. The molecule has 0 bridgehead atoms. The Hall–Kier alpha value is -2.60. The van der Waals surface area contributed by atoms with E-state index in [1.165, 1.54) is 18.2 Å². The molecule has 2 aromatic carbocycles. The van der Waals surface area contributed by atoms with Crippen LogP contribution in [-0.2, 0) is 0 Å². The minimum atomic E-state index is -0.628. The predicted molar refractivity (Wildman–Crippen MR) is 81.7 cm³/mol. The molecule has 0 atom stereocenters. The van der Waals surface area contributed by atoms with Gasteiger partial charge in [0.25, 0.3) is 11.6 Å². The van der Waals surface area contributed by atoms with E-state index in [9.17, 15) is 14.9 Å². The molecule has 0 aliphatic rings. The number of carbonyl (C=O) groups excluding carboxylic acids is 1. The van der Waals surface area contributed by atoms with Crippen molar-refractivity contribution in [2.75, 3.05) is 11.1 Å². The molecule has 3 N–H and O–H groups in total. The molecule has 2 rings (SSSR count). The number of amides is 1. The van der Waals surface area contributed by atoms with Gasteiger partial charge < -0.3 is 11.1 Å². The Balaban J connectivity index is 2.34. The Labute approximate surface area is 125 Å². The molecular formula is C14H12ClN3O3. The number of hydrogen-bond donors (Lipinski definition) is 2. The maximum absolute atomic E-state index is 12.2. The summed E-state index contributed by atoms with van der Waals surface area (Å²) in [6.07, 6.45) is 0. The fraction of sp³-hybridized carbons (Fsp3) is 0.0714. The number of carbonyl (C=O) groups is 1. The van der Waals surface area contributed by atoms with Crippen molar-refractivity contribution in [3.05, 3.63) is 62.7 Å². The van der Waals surface area contributed by atoms with E-state index < -0.39 is 10.8 Å². The Bertz CT molecular complexity index is 731. The van der Waals surface area contributed by atoms with E-state index in [-0.39, 0.29) is 16.9 Å². The first-order chi connectivity index (χ1) is 9.88. The number of rotatable bonds is 3. The lowest BCUT2D eigenvalue weighted by molar-refractivity contribution is -0.385. The van der Waals surface area contributed by atoms with E-state index in [1.54, 1.807) is 18.2 Å². The zero-order chi connectivity index (χ0) is 15.6. The minimum Gasteiger partial charge on any atom is -0.399 e. The molecule has 0 aromatic heterocycles. The molecule has 1 amide bonds. The van der Waals surface area contributed by atoms with Crippen LogP contribution in [0.1, 0.15) is 15.9 Å². The number of anilines is 2. The Morgan fingerprint density at radius 1 is 1.29 bits per heavy atom. The fourth-order valence-corrected chi connectivity index (χ4v) is 1.94. The smallest absolute Gasteiger partial charge is 0.282 e. The fourth-order valence-electron chi connectivity index (χ4n) is 1.76. The van der Waals surface area contributed by atoms with Gasteiger partial charge >= 0.3 is 0 Å². The number of halogens is 1. The van der Waals surface area contributed by atoms with Crippen LogP contribution in [0, 0.1) is 17.0 Å². The van der Waals surface area contributed by atoms with Gasteiger partial charge in [-0.25, -0.2) is 0 Å². The Kier molecular flexibility index (Phi) is 4.09. The number of nitrogens with two attached hydrogens (primary N) is 1. The molecule has 6 nitrogen and oxygen atoms in total. The van der Waals surface area contributed by atoms with Gasteiger partial charge in [0.15, 0.2) is 0 Å². The van der Waals surface area contributed by atoms with E-state index in [4.69, 9.17) is 17.3 Å². The van der Waals surface area contributed by atoms with Gasteiger partial charge in [-0.1, -0.05) is 17.7 Å². The molecule has 2 aromatic rings. The Morgan fingerprint density at radius 2 is 2.00 bits per heavy atom. The predicted octanol–water partition coefficient (Wildman–Crippen LogP) is 3.39. The van der Waals surface area contributed by atoms with Crippen LogP contribution in [-0.4, -0.2) is 10.8 Å². The highest BCUT2D eigenvalue weighted by atomic mass is 35.5. The first kappa shape index (κ1) is 14.8. The van der Waals surface area contributed by atoms with E-state index >= 15 is 0 Å². The third-order valence-electron chi connectivity index (χ3n) is 2.89. The number of nitro groups is 1. The van der Waals surface area contributed by atoms with Gasteiger partial charge in [0, 0.05) is 22.5 Å². The van der Waals surface area contributed by atoms with Gasteiger partial charge in [0.05, 0.1) is 4.92 Å². The SMILES string of the molecule is Cc1ccc(NC(=O)c2cc(N)ccc2[N+](=O)[O-])cc1Cl. The molecule has 0 heterocycles. The normalized spacial score (nSPS) is 10.2. The number of benzene rings is 2. The van der Waals surface area contributed by atoms with Gasteiger partial charge in [-0.15, -0.1) is 0 Å². The number of nitro benzene ring substituents is 1. The molecule has 0 radical (unpaired) electrons. The van der Waals surface area contributed by atoms with E-state index in [0.717, 1.165) is 5.56 Å². The lowest BCUT2D eigenvalue weighted by Gasteiger charge is -2.08. The topological polar surface area (TPSA) is 98.3 Å². The number of nitrogen functional groups attached to an aromatic ring is 1. The molecule has 0 spiro atoms. The van der Waals surface area contributed by atoms with Gasteiger partial charge in [-0.3, -0.25) is 14.9 Å². The van der Waals surface area contributed by atoms with Crippen LogP contribution >= 0.6 is 11.6 Å². The maximum Gasteiger partial charge on any atom is 0.282 e. The van der Waals surface area contributed by atoms with Gasteiger partial charge in [-0.05, 0) is 36.8 Å². The number of aryl methyl sites for hydroxylation is 1. The van der Waals surface area contributed by atoms with Crippen LogP contribution in [0.5, 0.6) is 0 Å². The monoisotopic (exact) mass is 305 g/mol. The van der Waals surface area contributed by atoms with E-state index in [0.29, 0.717) is 10.7 Å². The summed E-state index contributed by atoms with van der Waals surface area (Å²) in [7, 11) is 0. The van der Waals surface area contributed by atoms with Crippen molar-refractivity contribution >= 4 is 34.6 Å². The third-order valence-corrected chi connectivity index (χ3v) is 3.30. The average Bonchev–Trinajstić information content (AvgIpc) is 2.42.